The normalized spacial score (nSPS) is 10.3. The standard InChI is InChI=1S/C11H20N4O2/c1-4-6-17-11-9(12)10(13-5-7-16-3)14-8(2)15-11/h4-7,12H2,1-3H3,(H,13,14,15). The van der Waals surface area contributed by atoms with E-state index >= 15 is 0 Å². The second kappa shape index (κ2) is 6.90. The van der Waals surface area contributed by atoms with Crippen LogP contribution in [0, 0.1) is 6.92 Å². The van der Waals surface area contributed by atoms with Gasteiger partial charge in [-0.05, 0) is 13.3 Å². The molecule has 0 aliphatic rings. The van der Waals surface area contributed by atoms with Crippen LogP contribution in [0.5, 0.6) is 5.88 Å². The number of hydrogen-bond acceptors (Lipinski definition) is 6. The smallest absolute Gasteiger partial charge is 0.242 e. The van der Waals surface area contributed by atoms with E-state index in [0.717, 1.165) is 6.42 Å². The number of rotatable bonds is 7. The molecule has 0 bridgehead atoms. The van der Waals surface area contributed by atoms with Crippen LogP contribution in [0.1, 0.15) is 19.2 Å². The molecule has 0 saturated heterocycles. The van der Waals surface area contributed by atoms with Gasteiger partial charge >= 0.3 is 0 Å². The summed E-state index contributed by atoms with van der Waals surface area (Å²) >= 11 is 0. The van der Waals surface area contributed by atoms with Gasteiger partial charge in [-0.2, -0.15) is 4.98 Å². The van der Waals surface area contributed by atoms with Gasteiger partial charge in [0.05, 0.1) is 13.2 Å². The van der Waals surface area contributed by atoms with Crippen LogP contribution in [0.25, 0.3) is 0 Å². The predicted octanol–water partition coefficient (Wildman–Crippen LogP) is 1.21. The molecule has 1 aromatic heterocycles. The third kappa shape index (κ3) is 4.07. The molecule has 0 aliphatic heterocycles. The van der Waals surface area contributed by atoms with Crippen LogP contribution in [-0.4, -0.2) is 36.8 Å². The van der Waals surface area contributed by atoms with Gasteiger partial charge in [0, 0.05) is 13.7 Å². The molecular weight excluding hydrogens is 220 g/mol. The molecule has 3 N–H and O–H groups in total. The molecule has 6 nitrogen and oxygen atoms in total. The number of methoxy groups -OCH3 is 1. The van der Waals surface area contributed by atoms with Gasteiger partial charge < -0.3 is 20.5 Å². The molecule has 0 radical (unpaired) electrons. The Morgan fingerprint density at radius 2 is 2.06 bits per heavy atom. The molecule has 1 rings (SSSR count). The summed E-state index contributed by atoms with van der Waals surface area (Å²) in [4.78, 5) is 8.40. The lowest BCUT2D eigenvalue weighted by Gasteiger charge is -2.12. The minimum Gasteiger partial charge on any atom is -0.476 e. The zero-order chi connectivity index (χ0) is 12.7. The van der Waals surface area contributed by atoms with Crippen molar-refractivity contribution in [2.75, 3.05) is 37.9 Å². The summed E-state index contributed by atoms with van der Waals surface area (Å²) in [5.41, 5.74) is 6.37. The number of nitrogen functional groups attached to an aromatic ring is 1. The lowest BCUT2D eigenvalue weighted by Crippen LogP contribution is -2.13. The maximum atomic E-state index is 5.92. The third-order valence-electron chi connectivity index (χ3n) is 2.06. The third-order valence-corrected chi connectivity index (χ3v) is 2.06. The highest BCUT2D eigenvalue weighted by atomic mass is 16.5. The number of ether oxygens (including phenoxy) is 2. The summed E-state index contributed by atoms with van der Waals surface area (Å²) in [6.07, 6.45) is 0.912. The Morgan fingerprint density at radius 3 is 2.71 bits per heavy atom. The molecule has 0 amide bonds. The summed E-state index contributed by atoms with van der Waals surface area (Å²) in [5, 5.41) is 3.09. The highest BCUT2D eigenvalue weighted by Crippen LogP contribution is 2.25. The number of nitrogens with two attached hydrogens (primary N) is 1. The first-order chi connectivity index (χ1) is 8.19. The Hall–Kier alpha value is -1.56. The van der Waals surface area contributed by atoms with E-state index in [1.807, 2.05) is 6.92 Å². The van der Waals surface area contributed by atoms with Crippen LogP contribution in [0.4, 0.5) is 11.5 Å². The summed E-state index contributed by atoms with van der Waals surface area (Å²) in [7, 11) is 1.64. The maximum absolute atomic E-state index is 5.92. The van der Waals surface area contributed by atoms with Crippen LogP contribution in [0.2, 0.25) is 0 Å². The molecule has 17 heavy (non-hydrogen) atoms. The van der Waals surface area contributed by atoms with Crippen LogP contribution in [0.15, 0.2) is 0 Å². The zero-order valence-electron chi connectivity index (χ0n) is 10.6. The van der Waals surface area contributed by atoms with Crippen LogP contribution in [0.3, 0.4) is 0 Å². The fourth-order valence-corrected chi connectivity index (χ4v) is 1.27. The van der Waals surface area contributed by atoms with E-state index in [0.29, 0.717) is 43.0 Å². The van der Waals surface area contributed by atoms with Crippen molar-refractivity contribution >= 4 is 11.5 Å². The Morgan fingerprint density at radius 1 is 1.29 bits per heavy atom. The predicted molar refractivity (Wildman–Crippen MR) is 67.3 cm³/mol. The van der Waals surface area contributed by atoms with Gasteiger partial charge in [-0.1, -0.05) is 6.92 Å². The van der Waals surface area contributed by atoms with Gasteiger partial charge in [0.2, 0.25) is 5.88 Å². The van der Waals surface area contributed by atoms with E-state index in [1.54, 1.807) is 14.0 Å². The van der Waals surface area contributed by atoms with Crippen LogP contribution in [-0.2, 0) is 4.74 Å². The molecule has 0 saturated carbocycles. The summed E-state index contributed by atoms with van der Waals surface area (Å²) < 4.78 is 10.4. The first kappa shape index (κ1) is 13.5. The quantitative estimate of drug-likeness (QED) is 0.697. The van der Waals surface area contributed by atoms with Gasteiger partial charge in [0.1, 0.15) is 11.5 Å². The first-order valence-corrected chi connectivity index (χ1v) is 5.68. The SMILES string of the molecule is CCCOc1nc(C)nc(NCCOC)c1N. The number of nitrogens with one attached hydrogen (secondary N) is 1. The topological polar surface area (TPSA) is 82.3 Å². The van der Waals surface area contributed by atoms with Crippen LogP contribution >= 0.6 is 0 Å². The molecule has 0 aliphatic carbocycles. The molecule has 6 heteroatoms. The highest BCUT2D eigenvalue weighted by molar-refractivity contribution is 5.66. The van der Waals surface area contributed by atoms with Gasteiger partial charge in [0.25, 0.3) is 0 Å². The molecule has 0 aromatic carbocycles. The lowest BCUT2D eigenvalue weighted by molar-refractivity contribution is 0.210. The van der Waals surface area contributed by atoms with Gasteiger partial charge in [-0.3, -0.25) is 0 Å². The van der Waals surface area contributed by atoms with Crippen molar-refractivity contribution in [1.82, 2.24) is 9.97 Å². The van der Waals surface area contributed by atoms with E-state index in [2.05, 4.69) is 15.3 Å². The average molecular weight is 240 g/mol. The van der Waals surface area contributed by atoms with E-state index in [-0.39, 0.29) is 0 Å². The van der Waals surface area contributed by atoms with Crippen molar-refractivity contribution in [3.8, 4) is 5.88 Å². The molecule has 96 valence electrons. The lowest BCUT2D eigenvalue weighted by atomic mass is 10.4. The Labute approximate surface area is 102 Å². The Kier molecular flexibility index (Phi) is 5.48. The Balaban J connectivity index is 2.77. The molecule has 1 heterocycles. The van der Waals surface area contributed by atoms with Crippen molar-refractivity contribution in [2.45, 2.75) is 20.3 Å². The molecule has 1 aromatic rings. The molecule has 0 atom stereocenters. The van der Waals surface area contributed by atoms with Gasteiger partial charge in [-0.15, -0.1) is 0 Å². The summed E-state index contributed by atoms with van der Waals surface area (Å²) in [5.74, 6) is 1.67. The number of nitrogens with zero attached hydrogens (tertiary/aromatic N) is 2. The fraction of sp³-hybridized carbons (Fsp3) is 0.636. The first-order valence-electron chi connectivity index (χ1n) is 5.68. The van der Waals surface area contributed by atoms with Gasteiger partial charge in [0.15, 0.2) is 5.82 Å². The van der Waals surface area contributed by atoms with E-state index in [1.165, 1.54) is 0 Å². The largest absolute Gasteiger partial charge is 0.476 e. The van der Waals surface area contributed by atoms with Crippen molar-refractivity contribution in [3.63, 3.8) is 0 Å². The molecular formula is C11H20N4O2. The number of aryl methyl sites for hydroxylation is 1. The van der Waals surface area contributed by atoms with E-state index in [4.69, 9.17) is 15.2 Å². The summed E-state index contributed by atoms with van der Waals surface area (Å²) in [6.45, 7) is 5.66. The van der Waals surface area contributed by atoms with E-state index in [9.17, 15) is 0 Å². The monoisotopic (exact) mass is 240 g/mol. The van der Waals surface area contributed by atoms with E-state index < -0.39 is 0 Å². The van der Waals surface area contributed by atoms with Gasteiger partial charge in [-0.25, -0.2) is 4.98 Å². The van der Waals surface area contributed by atoms with Crippen LogP contribution < -0.4 is 15.8 Å². The molecule has 0 fully saturated rings. The van der Waals surface area contributed by atoms with Crippen molar-refractivity contribution < 1.29 is 9.47 Å². The average Bonchev–Trinajstić information content (AvgIpc) is 2.31. The zero-order valence-corrected chi connectivity index (χ0v) is 10.6. The fourth-order valence-electron chi connectivity index (χ4n) is 1.27. The van der Waals surface area contributed by atoms with Crippen molar-refractivity contribution in [2.24, 2.45) is 0 Å². The second-order valence-electron chi connectivity index (χ2n) is 3.61. The minimum absolute atomic E-state index is 0.444. The molecule has 0 spiro atoms. The minimum atomic E-state index is 0.444. The second-order valence-corrected chi connectivity index (χ2v) is 3.61. The number of anilines is 2. The number of aromatic nitrogens is 2. The maximum Gasteiger partial charge on any atom is 0.242 e. The summed E-state index contributed by atoms with van der Waals surface area (Å²) in [6, 6.07) is 0. The Bertz CT molecular complexity index is 358. The number of hydrogen-bond donors (Lipinski definition) is 2. The molecule has 0 unspecified atom stereocenters. The van der Waals surface area contributed by atoms with Crippen molar-refractivity contribution in [1.29, 1.82) is 0 Å². The highest BCUT2D eigenvalue weighted by Gasteiger charge is 2.10. The van der Waals surface area contributed by atoms with Crippen molar-refractivity contribution in [3.05, 3.63) is 5.82 Å².